The van der Waals surface area contributed by atoms with Gasteiger partial charge in [0.25, 0.3) is 0 Å². The van der Waals surface area contributed by atoms with Crippen molar-refractivity contribution in [2.75, 3.05) is 6.61 Å². The monoisotopic (exact) mass is 340 g/mol. The number of halogens is 1. The quantitative estimate of drug-likeness (QED) is 0.864. The zero-order valence-electron chi connectivity index (χ0n) is 11.0. The van der Waals surface area contributed by atoms with Crippen molar-refractivity contribution in [3.8, 4) is 5.75 Å². The van der Waals surface area contributed by atoms with E-state index in [9.17, 15) is 5.11 Å². The fraction of sp³-hybridized carbons (Fsp3) is 0.333. The number of aliphatic hydroxyl groups is 1. The van der Waals surface area contributed by atoms with E-state index < -0.39 is 6.10 Å². The molecule has 0 aliphatic carbocycles. The van der Waals surface area contributed by atoms with Crippen molar-refractivity contribution in [3.63, 3.8) is 0 Å². The van der Waals surface area contributed by atoms with Gasteiger partial charge in [-0.05, 0) is 43.7 Å². The predicted octanol–water partition coefficient (Wildman–Crippen LogP) is 4.55. The van der Waals surface area contributed by atoms with Crippen LogP contribution in [0.25, 0.3) is 0 Å². The number of hydrogen-bond acceptors (Lipinski definition) is 3. The number of aryl methyl sites for hydroxylation is 1. The molecule has 1 unspecified atom stereocenters. The topological polar surface area (TPSA) is 29.5 Å². The lowest BCUT2D eigenvalue weighted by Crippen LogP contribution is -2.02. The molecule has 2 nitrogen and oxygen atoms in total. The molecule has 0 fully saturated rings. The van der Waals surface area contributed by atoms with Gasteiger partial charge >= 0.3 is 0 Å². The molecule has 1 aromatic carbocycles. The molecule has 0 aliphatic heterocycles. The minimum absolute atomic E-state index is 0.589. The van der Waals surface area contributed by atoms with Gasteiger partial charge in [-0.1, -0.05) is 22.9 Å². The van der Waals surface area contributed by atoms with E-state index in [1.807, 2.05) is 31.2 Å². The van der Waals surface area contributed by atoms with Gasteiger partial charge in [0.15, 0.2) is 0 Å². The van der Waals surface area contributed by atoms with Crippen LogP contribution in [0.1, 0.15) is 35.3 Å². The van der Waals surface area contributed by atoms with E-state index in [0.717, 1.165) is 27.1 Å². The molecule has 0 saturated carbocycles. The molecular formula is C15H17BrO2S. The summed E-state index contributed by atoms with van der Waals surface area (Å²) in [6.07, 6.45) is 0.359. The maximum absolute atomic E-state index is 10.5. The molecule has 19 heavy (non-hydrogen) atoms. The summed E-state index contributed by atoms with van der Waals surface area (Å²) in [7, 11) is 0. The van der Waals surface area contributed by atoms with Crippen LogP contribution in [0.15, 0.2) is 34.8 Å². The molecule has 0 radical (unpaired) electrons. The van der Waals surface area contributed by atoms with E-state index in [1.54, 1.807) is 11.3 Å². The molecule has 102 valence electrons. The van der Waals surface area contributed by atoms with Gasteiger partial charge in [0, 0.05) is 19.8 Å². The van der Waals surface area contributed by atoms with Gasteiger partial charge < -0.3 is 9.84 Å². The molecule has 4 heteroatoms. The first-order valence-electron chi connectivity index (χ1n) is 6.34. The molecule has 0 bridgehead atoms. The minimum Gasteiger partial charge on any atom is -0.493 e. The van der Waals surface area contributed by atoms with Crippen LogP contribution in [-0.2, 0) is 6.42 Å². The zero-order valence-corrected chi connectivity index (χ0v) is 13.4. The Morgan fingerprint density at radius 1 is 1.26 bits per heavy atom. The number of benzene rings is 1. The highest BCUT2D eigenvalue weighted by molar-refractivity contribution is 9.10. The Hall–Kier alpha value is -0.840. The summed E-state index contributed by atoms with van der Waals surface area (Å²) in [5.74, 6) is 0.740. The summed E-state index contributed by atoms with van der Waals surface area (Å²) in [5.41, 5.74) is 0.806. The summed E-state index contributed by atoms with van der Waals surface area (Å²) in [4.78, 5) is 2.23. The Bertz CT molecular complexity index is 551. The van der Waals surface area contributed by atoms with Crippen molar-refractivity contribution in [1.29, 1.82) is 0 Å². The lowest BCUT2D eigenvalue weighted by molar-refractivity contribution is 0.215. The SMILES string of the molecule is CCOc1ccc(Br)cc1C(O)c1ccc(CC)s1. The number of rotatable bonds is 5. The van der Waals surface area contributed by atoms with Crippen LogP contribution in [0.3, 0.4) is 0 Å². The van der Waals surface area contributed by atoms with E-state index in [0.29, 0.717) is 6.61 Å². The lowest BCUT2D eigenvalue weighted by Gasteiger charge is -2.15. The van der Waals surface area contributed by atoms with Crippen LogP contribution < -0.4 is 4.74 Å². The van der Waals surface area contributed by atoms with Crippen LogP contribution in [-0.4, -0.2) is 11.7 Å². The summed E-state index contributed by atoms with van der Waals surface area (Å²) in [6.45, 7) is 4.65. The van der Waals surface area contributed by atoms with Gasteiger partial charge in [0.2, 0.25) is 0 Å². The Morgan fingerprint density at radius 2 is 2.05 bits per heavy atom. The molecule has 1 N–H and O–H groups in total. The van der Waals surface area contributed by atoms with Crippen molar-refractivity contribution in [1.82, 2.24) is 0 Å². The van der Waals surface area contributed by atoms with Crippen LogP contribution in [0.5, 0.6) is 5.75 Å². The fourth-order valence-corrected chi connectivity index (χ4v) is 3.24. The second-order valence-electron chi connectivity index (χ2n) is 4.18. The average Bonchev–Trinajstić information content (AvgIpc) is 2.89. The second-order valence-corrected chi connectivity index (χ2v) is 6.29. The molecule has 0 amide bonds. The molecule has 2 rings (SSSR count). The average molecular weight is 341 g/mol. The van der Waals surface area contributed by atoms with E-state index in [1.165, 1.54) is 4.88 Å². The zero-order chi connectivity index (χ0) is 13.8. The van der Waals surface area contributed by atoms with Crippen LogP contribution >= 0.6 is 27.3 Å². The van der Waals surface area contributed by atoms with E-state index in [4.69, 9.17) is 4.74 Å². The minimum atomic E-state index is -0.635. The molecule has 1 atom stereocenters. The van der Waals surface area contributed by atoms with Gasteiger partial charge in [-0.3, -0.25) is 0 Å². The van der Waals surface area contributed by atoms with Crippen LogP contribution in [0.4, 0.5) is 0 Å². The Labute approximate surface area is 126 Å². The molecular weight excluding hydrogens is 324 g/mol. The Balaban J connectivity index is 2.36. The number of hydrogen-bond donors (Lipinski definition) is 1. The third kappa shape index (κ3) is 3.38. The van der Waals surface area contributed by atoms with Gasteiger partial charge in [-0.15, -0.1) is 11.3 Å². The molecule has 0 aliphatic rings. The van der Waals surface area contributed by atoms with Gasteiger partial charge in [-0.25, -0.2) is 0 Å². The number of ether oxygens (including phenoxy) is 1. The van der Waals surface area contributed by atoms with Gasteiger partial charge in [0.1, 0.15) is 11.9 Å². The maximum Gasteiger partial charge on any atom is 0.125 e. The number of aliphatic hydroxyl groups excluding tert-OH is 1. The molecule has 0 saturated heterocycles. The third-order valence-electron chi connectivity index (χ3n) is 2.87. The molecule has 1 heterocycles. The molecule has 2 aromatic rings. The van der Waals surface area contributed by atoms with Crippen molar-refractivity contribution in [3.05, 3.63) is 50.1 Å². The van der Waals surface area contributed by atoms with Crippen molar-refractivity contribution < 1.29 is 9.84 Å². The molecule has 1 aromatic heterocycles. The summed E-state index contributed by atoms with van der Waals surface area (Å²) in [6, 6.07) is 9.79. The number of thiophene rings is 1. The first kappa shape index (κ1) is 14.6. The van der Waals surface area contributed by atoms with Gasteiger partial charge in [0.05, 0.1) is 6.61 Å². The normalized spacial score (nSPS) is 12.4. The van der Waals surface area contributed by atoms with E-state index in [2.05, 4.69) is 28.9 Å². The highest BCUT2D eigenvalue weighted by atomic mass is 79.9. The maximum atomic E-state index is 10.5. The highest BCUT2D eigenvalue weighted by Crippen LogP contribution is 2.35. The van der Waals surface area contributed by atoms with Crippen molar-refractivity contribution in [2.24, 2.45) is 0 Å². The first-order valence-corrected chi connectivity index (χ1v) is 7.95. The summed E-state index contributed by atoms with van der Waals surface area (Å²) >= 11 is 5.09. The smallest absolute Gasteiger partial charge is 0.125 e. The largest absolute Gasteiger partial charge is 0.493 e. The Kier molecular flexibility index (Phi) is 5.02. The van der Waals surface area contributed by atoms with E-state index in [-0.39, 0.29) is 0 Å². The summed E-state index contributed by atoms with van der Waals surface area (Å²) in [5, 5.41) is 10.5. The van der Waals surface area contributed by atoms with Crippen LogP contribution in [0.2, 0.25) is 0 Å². The van der Waals surface area contributed by atoms with E-state index >= 15 is 0 Å². The Morgan fingerprint density at radius 3 is 2.68 bits per heavy atom. The lowest BCUT2D eigenvalue weighted by atomic mass is 10.1. The van der Waals surface area contributed by atoms with Crippen molar-refractivity contribution >= 4 is 27.3 Å². The third-order valence-corrected chi connectivity index (χ3v) is 4.64. The standard InChI is InChI=1S/C15H17BrO2S/c1-3-11-6-8-14(19-11)15(17)12-9-10(16)5-7-13(12)18-4-2/h5-9,15,17H,3-4H2,1-2H3. The molecule has 0 spiro atoms. The highest BCUT2D eigenvalue weighted by Gasteiger charge is 2.17. The van der Waals surface area contributed by atoms with Crippen LogP contribution in [0, 0.1) is 0 Å². The summed E-state index contributed by atoms with van der Waals surface area (Å²) < 4.78 is 6.53. The van der Waals surface area contributed by atoms with Gasteiger partial charge in [-0.2, -0.15) is 0 Å². The first-order chi connectivity index (χ1) is 9.15. The predicted molar refractivity (Wildman–Crippen MR) is 83.1 cm³/mol. The second kappa shape index (κ2) is 6.55. The fourth-order valence-electron chi connectivity index (χ4n) is 1.90. The van der Waals surface area contributed by atoms with Crippen molar-refractivity contribution in [2.45, 2.75) is 26.4 Å².